The summed E-state index contributed by atoms with van der Waals surface area (Å²) in [5, 5.41) is 0. The van der Waals surface area contributed by atoms with Crippen LogP contribution in [0, 0.1) is 10.8 Å². The normalized spacial score (nSPS) is 7.20. The Kier molecular flexibility index (Phi) is 7.38. The summed E-state index contributed by atoms with van der Waals surface area (Å²) in [5.41, 5.74) is 0. The molecular formula is H4ClNO3. The standard InChI is InChI=1S/ClO3.H3N/c2-1(3)4;/h;1H3/q-1;/p+1. The smallest absolute Gasteiger partial charge is 0.0695 e. The van der Waals surface area contributed by atoms with Crippen LogP contribution in [0.15, 0.2) is 0 Å². The summed E-state index contributed by atoms with van der Waals surface area (Å²) < 4.78 is 25.2. The second kappa shape index (κ2) is 4.13. The molecule has 34 valence electrons. The minimum Gasteiger partial charge on any atom is -0.369 e. The van der Waals surface area contributed by atoms with Crippen LogP contribution >= 0.6 is 0 Å². The third-order valence-corrected chi connectivity index (χ3v) is 0. The van der Waals surface area contributed by atoms with Gasteiger partial charge in [0.05, 0.1) is 10.8 Å². The molecule has 0 spiro atoms. The van der Waals surface area contributed by atoms with E-state index >= 15 is 0 Å². The van der Waals surface area contributed by atoms with Gasteiger partial charge in [0.15, 0.2) is 0 Å². The molecule has 0 rings (SSSR count). The van der Waals surface area contributed by atoms with Crippen LogP contribution in [0.5, 0.6) is 0 Å². The number of hydrogen-bond acceptors (Lipinski definition) is 3. The predicted molar refractivity (Wildman–Crippen MR) is 5.98 cm³/mol. The van der Waals surface area contributed by atoms with Gasteiger partial charge in [0.25, 0.3) is 0 Å². The molecule has 0 fully saturated rings. The summed E-state index contributed by atoms with van der Waals surface area (Å²) >= 11 is 0. The second-order valence-electron chi connectivity index (χ2n) is 0.189. The van der Waals surface area contributed by atoms with E-state index in [0.29, 0.717) is 0 Å². The zero-order valence-corrected chi connectivity index (χ0v) is 3.36. The summed E-state index contributed by atoms with van der Waals surface area (Å²) in [6, 6.07) is 0. The largest absolute Gasteiger partial charge is 0.369 e. The van der Waals surface area contributed by atoms with E-state index in [4.69, 9.17) is 14.0 Å². The van der Waals surface area contributed by atoms with Crippen LogP contribution in [0.25, 0.3) is 0 Å². The maximum atomic E-state index is 8.41. The van der Waals surface area contributed by atoms with Gasteiger partial charge < -0.3 is 20.1 Å². The fourth-order valence-electron chi connectivity index (χ4n) is 0. The van der Waals surface area contributed by atoms with Crippen LogP contribution in [0.1, 0.15) is 0 Å². The first-order valence-electron chi connectivity index (χ1n) is 0.463. The van der Waals surface area contributed by atoms with Crippen molar-refractivity contribution in [2.45, 2.75) is 0 Å². The Labute approximate surface area is 32.0 Å². The van der Waals surface area contributed by atoms with Crippen molar-refractivity contribution in [1.82, 2.24) is 6.15 Å². The minimum atomic E-state index is -2.85. The molecule has 4 N–H and O–H groups in total. The lowest BCUT2D eigenvalue weighted by Gasteiger charge is -1.89. The van der Waals surface area contributed by atoms with Crippen LogP contribution in [0.4, 0.5) is 0 Å². The molecule has 0 saturated carbocycles. The molecule has 0 saturated heterocycles. The lowest BCUT2D eigenvalue weighted by atomic mass is 14.0. The summed E-state index contributed by atoms with van der Waals surface area (Å²) in [4.78, 5) is 0. The average molecular weight is 101 g/mol. The van der Waals surface area contributed by atoms with Crippen molar-refractivity contribution in [2.75, 3.05) is 0 Å². The summed E-state index contributed by atoms with van der Waals surface area (Å²) in [7, 11) is -2.85. The molecule has 0 aromatic rings. The zero-order chi connectivity index (χ0) is 3.58. The highest BCUT2D eigenvalue weighted by Crippen LogP contribution is 1.24. The van der Waals surface area contributed by atoms with Gasteiger partial charge in [0.2, 0.25) is 0 Å². The van der Waals surface area contributed by atoms with Crippen LogP contribution < -0.4 is 20.1 Å². The Hall–Kier alpha value is 0.130. The molecule has 0 aliphatic heterocycles. The van der Waals surface area contributed by atoms with E-state index in [-0.39, 0.29) is 6.15 Å². The van der Waals surface area contributed by atoms with E-state index in [2.05, 4.69) is 0 Å². The van der Waals surface area contributed by atoms with Gasteiger partial charge in [-0.1, -0.05) is 0 Å². The van der Waals surface area contributed by atoms with Crippen molar-refractivity contribution in [1.29, 1.82) is 0 Å². The first-order valence-corrected chi connectivity index (χ1v) is 1.39. The van der Waals surface area contributed by atoms with Gasteiger partial charge in [-0.25, -0.2) is 0 Å². The second-order valence-corrected chi connectivity index (χ2v) is 0.567. The fraction of sp³-hybridized carbons (Fsp3) is 0. The minimum absolute atomic E-state index is 0. The van der Waals surface area contributed by atoms with Gasteiger partial charge in [-0.2, -0.15) is 0 Å². The summed E-state index contributed by atoms with van der Waals surface area (Å²) in [6.45, 7) is 0. The quantitative estimate of drug-likeness (QED) is 0.347. The Balaban J connectivity index is 0. The number of rotatable bonds is 0. The molecular weight excluding hydrogens is 97.5 g/mol. The summed E-state index contributed by atoms with van der Waals surface area (Å²) in [6.07, 6.45) is 0. The van der Waals surface area contributed by atoms with Crippen molar-refractivity contribution >= 4 is 0 Å². The highest BCUT2D eigenvalue weighted by molar-refractivity contribution is 2.13. The molecule has 0 aromatic carbocycles. The highest BCUT2D eigenvalue weighted by atomic mass is 35.6. The molecule has 4 nitrogen and oxygen atoms in total. The number of halogens is 1. The molecule has 0 radical (unpaired) electrons. The Morgan fingerprint density at radius 1 is 1.00 bits per heavy atom. The first-order chi connectivity index (χ1) is 1.73. The van der Waals surface area contributed by atoms with Crippen molar-refractivity contribution in [3.63, 3.8) is 0 Å². The molecule has 5 heteroatoms. The van der Waals surface area contributed by atoms with Gasteiger partial charge in [0.1, 0.15) is 0 Å². The van der Waals surface area contributed by atoms with Gasteiger partial charge in [-0.15, -0.1) is 0 Å². The van der Waals surface area contributed by atoms with E-state index in [0.717, 1.165) is 0 Å². The van der Waals surface area contributed by atoms with E-state index in [9.17, 15) is 0 Å². The Morgan fingerprint density at radius 3 is 1.00 bits per heavy atom. The van der Waals surface area contributed by atoms with Crippen molar-refractivity contribution in [3.05, 3.63) is 0 Å². The Morgan fingerprint density at radius 2 is 1.00 bits per heavy atom. The predicted octanol–water partition coefficient (Wildman–Crippen LogP) is -3.19. The van der Waals surface area contributed by atoms with E-state index in [1.807, 2.05) is 0 Å². The van der Waals surface area contributed by atoms with Gasteiger partial charge in [0, 0.05) is 0 Å². The fourth-order valence-corrected chi connectivity index (χ4v) is 0. The Bertz CT molecular complexity index is 11.6. The van der Waals surface area contributed by atoms with Crippen molar-refractivity contribution in [2.24, 2.45) is 0 Å². The molecule has 0 atom stereocenters. The zero-order valence-electron chi connectivity index (χ0n) is 2.60. The molecule has 0 aromatic heterocycles. The molecule has 0 aliphatic carbocycles. The molecule has 0 unspecified atom stereocenters. The van der Waals surface area contributed by atoms with Crippen LogP contribution in [0.3, 0.4) is 0 Å². The first kappa shape index (κ1) is 8.93. The topological polar surface area (TPSA) is 106 Å². The van der Waals surface area contributed by atoms with Crippen LogP contribution in [0.2, 0.25) is 0 Å². The summed E-state index contributed by atoms with van der Waals surface area (Å²) in [5.74, 6) is 0. The molecule has 5 heavy (non-hydrogen) atoms. The lowest BCUT2D eigenvalue weighted by molar-refractivity contribution is -1.73. The SMILES string of the molecule is [NH4+].[O-][Cl+2]([O-])[O-]. The van der Waals surface area contributed by atoms with E-state index < -0.39 is 10.8 Å². The molecule has 0 heterocycles. The maximum Gasteiger partial charge on any atom is 0.0695 e. The van der Waals surface area contributed by atoms with E-state index in [1.165, 1.54) is 0 Å². The van der Waals surface area contributed by atoms with E-state index in [1.54, 1.807) is 0 Å². The van der Waals surface area contributed by atoms with Gasteiger partial charge in [-0.05, 0) is 0 Å². The number of quaternary nitrogens is 1. The lowest BCUT2D eigenvalue weighted by Crippen LogP contribution is -2.42. The molecule has 0 aliphatic rings. The third kappa shape index (κ3) is 1110. The highest BCUT2D eigenvalue weighted by Gasteiger charge is 1.60. The number of hydrogen-bond donors (Lipinski definition) is 1. The third-order valence-electron chi connectivity index (χ3n) is 0. The van der Waals surface area contributed by atoms with Gasteiger partial charge in [-0.3, -0.25) is 0 Å². The van der Waals surface area contributed by atoms with Crippen molar-refractivity contribution in [3.8, 4) is 0 Å². The van der Waals surface area contributed by atoms with Gasteiger partial charge >= 0.3 is 0 Å². The molecule has 0 bridgehead atoms. The monoisotopic (exact) mass is 101 g/mol. The van der Waals surface area contributed by atoms with Crippen LogP contribution in [-0.4, -0.2) is 0 Å². The maximum absolute atomic E-state index is 8.41. The van der Waals surface area contributed by atoms with Crippen molar-refractivity contribution < 1.29 is 24.8 Å². The average Bonchev–Trinajstić information content (AvgIpc) is 0.811. The molecule has 0 amide bonds. The van der Waals surface area contributed by atoms with Crippen LogP contribution in [-0.2, 0) is 0 Å².